The van der Waals surface area contributed by atoms with Gasteiger partial charge in [-0.3, -0.25) is 0 Å². The maximum absolute atomic E-state index is 9.21. The van der Waals surface area contributed by atoms with Crippen molar-refractivity contribution in [3.05, 3.63) is 12.7 Å². The Labute approximate surface area is 66.6 Å². The lowest BCUT2D eigenvalue weighted by molar-refractivity contribution is -0.158. The lowest BCUT2D eigenvalue weighted by atomic mass is 10.1. The molecule has 0 saturated carbocycles. The summed E-state index contributed by atoms with van der Waals surface area (Å²) in [4.78, 5) is 0. The molecule has 1 fully saturated rings. The molecule has 0 radical (unpaired) electrons. The summed E-state index contributed by atoms with van der Waals surface area (Å²) in [6.07, 6.45) is 1.39. The van der Waals surface area contributed by atoms with E-state index in [9.17, 15) is 5.11 Å². The van der Waals surface area contributed by atoms with Gasteiger partial charge >= 0.3 is 0 Å². The second-order valence-electron chi connectivity index (χ2n) is 2.84. The van der Waals surface area contributed by atoms with E-state index in [1.54, 1.807) is 0 Å². The van der Waals surface area contributed by atoms with Crippen LogP contribution >= 0.6 is 0 Å². The monoisotopic (exact) mass is 158 g/mol. The van der Waals surface area contributed by atoms with E-state index in [-0.39, 0.29) is 0 Å². The van der Waals surface area contributed by atoms with Gasteiger partial charge in [-0.2, -0.15) is 0 Å². The second kappa shape index (κ2) is 3.34. The van der Waals surface area contributed by atoms with E-state index >= 15 is 0 Å². The molecule has 64 valence electrons. The molecule has 1 saturated heterocycles. The van der Waals surface area contributed by atoms with Crippen molar-refractivity contribution in [2.75, 3.05) is 13.2 Å². The largest absolute Gasteiger partial charge is 0.389 e. The first-order valence-electron chi connectivity index (χ1n) is 3.75. The average molecular weight is 158 g/mol. The number of ether oxygens (including phenoxy) is 2. The highest BCUT2D eigenvalue weighted by molar-refractivity contribution is 4.83. The zero-order chi connectivity index (χ0) is 8.32. The van der Waals surface area contributed by atoms with Crippen molar-refractivity contribution < 1.29 is 14.6 Å². The number of aliphatic hydroxyl groups is 1. The van der Waals surface area contributed by atoms with Crippen LogP contribution in [0.2, 0.25) is 0 Å². The summed E-state index contributed by atoms with van der Waals surface area (Å²) < 4.78 is 10.6. The van der Waals surface area contributed by atoms with Crippen LogP contribution in [-0.4, -0.2) is 30.2 Å². The van der Waals surface area contributed by atoms with Gasteiger partial charge in [-0.15, -0.1) is 6.58 Å². The summed E-state index contributed by atoms with van der Waals surface area (Å²) in [5.41, 5.74) is 0. The van der Waals surface area contributed by atoms with Gasteiger partial charge in [-0.1, -0.05) is 6.08 Å². The van der Waals surface area contributed by atoms with Crippen molar-refractivity contribution in [3.8, 4) is 0 Å². The number of hydrogen-bond donors (Lipinski definition) is 1. The highest BCUT2D eigenvalue weighted by Gasteiger charge is 2.32. The van der Waals surface area contributed by atoms with Gasteiger partial charge in [0.2, 0.25) is 0 Å². The third-order valence-corrected chi connectivity index (χ3v) is 1.75. The molecule has 0 amide bonds. The SMILES string of the molecule is C=CC(O)CC1(C)OCCO1. The molecule has 1 rings (SSSR count). The van der Waals surface area contributed by atoms with Crippen LogP contribution in [0.15, 0.2) is 12.7 Å². The molecular weight excluding hydrogens is 144 g/mol. The van der Waals surface area contributed by atoms with Crippen LogP contribution in [0.25, 0.3) is 0 Å². The summed E-state index contributed by atoms with van der Waals surface area (Å²) in [5.74, 6) is -0.604. The van der Waals surface area contributed by atoms with Crippen molar-refractivity contribution in [1.82, 2.24) is 0 Å². The molecule has 0 aromatic rings. The van der Waals surface area contributed by atoms with E-state index in [1.165, 1.54) is 6.08 Å². The molecule has 0 bridgehead atoms. The Bertz CT molecular complexity index is 138. The summed E-state index contributed by atoms with van der Waals surface area (Å²) >= 11 is 0. The van der Waals surface area contributed by atoms with Crippen LogP contribution in [0.4, 0.5) is 0 Å². The van der Waals surface area contributed by atoms with Crippen LogP contribution in [0, 0.1) is 0 Å². The molecule has 1 atom stereocenters. The molecule has 1 N–H and O–H groups in total. The first kappa shape index (κ1) is 8.71. The molecule has 0 aromatic heterocycles. The number of hydrogen-bond acceptors (Lipinski definition) is 3. The summed E-state index contributed by atoms with van der Waals surface area (Å²) in [6, 6.07) is 0. The normalized spacial score (nSPS) is 24.9. The zero-order valence-electron chi connectivity index (χ0n) is 6.75. The average Bonchev–Trinajstić information content (AvgIpc) is 2.36. The third-order valence-electron chi connectivity index (χ3n) is 1.75. The van der Waals surface area contributed by atoms with Gasteiger partial charge in [0.1, 0.15) is 0 Å². The molecule has 11 heavy (non-hydrogen) atoms. The highest BCUT2D eigenvalue weighted by Crippen LogP contribution is 2.24. The maximum atomic E-state index is 9.21. The van der Waals surface area contributed by atoms with E-state index in [0.29, 0.717) is 19.6 Å². The predicted molar refractivity (Wildman–Crippen MR) is 41.1 cm³/mol. The fourth-order valence-electron chi connectivity index (χ4n) is 1.14. The lowest BCUT2D eigenvalue weighted by Gasteiger charge is -2.23. The molecule has 1 unspecified atom stereocenters. The fraction of sp³-hybridized carbons (Fsp3) is 0.750. The maximum Gasteiger partial charge on any atom is 0.168 e. The van der Waals surface area contributed by atoms with Gasteiger partial charge in [0.25, 0.3) is 0 Å². The minimum atomic E-state index is -0.604. The smallest absolute Gasteiger partial charge is 0.168 e. The van der Waals surface area contributed by atoms with Crippen LogP contribution in [0.5, 0.6) is 0 Å². The van der Waals surface area contributed by atoms with Crippen LogP contribution in [-0.2, 0) is 9.47 Å². The van der Waals surface area contributed by atoms with E-state index in [2.05, 4.69) is 6.58 Å². The van der Waals surface area contributed by atoms with Crippen molar-refractivity contribution in [3.63, 3.8) is 0 Å². The van der Waals surface area contributed by atoms with E-state index in [0.717, 1.165) is 0 Å². The van der Waals surface area contributed by atoms with Crippen molar-refractivity contribution in [2.45, 2.75) is 25.2 Å². The van der Waals surface area contributed by atoms with Gasteiger partial charge in [0.15, 0.2) is 5.79 Å². The Kier molecular flexibility index (Phi) is 2.65. The van der Waals surface area contributed by atoms with Gasteiger partial charge in [-0.25, -0.2) is 0 Å². The Morgan fingerprint density at radius 2 is 2.18 bits per heavy atom. The second-order valence-corrected chi connectivity index (χ2v) is 2.84. The quantitative estimate of drug-likeness (QED) is 0.614. The predicted octanol–water partition coefficient (Wildman–Crippen LogP) is 0.686. The summed E-state index contributed by atoms with van der Waals surface area (Å²) in [6.45, 7) is 6.52. The first-order valence-corrected chi connectivity index (χ1v) is 3.75. The minimum absolute atomic E-state index is 0.455. The van der Waals surface area contributed by atoms with Gasteiger partial charge in [0.05, 0.1) is 19.3 Å². The van der Waals surface area contributed by atoms with Crippen LogP contribution < -0.4 is 0 Å². The molecule has 3 heteroatoms. The summed E-state index contributed by atoms with van der Waals surface area (Å²) in [7, 11) is 0. The molecule has 0 aliphatic carbocycles. The van der Waals surface area contributed by atoms with Gasteiger partial charge < -0.3 is 14.6 Å². The summed E-state index contributed by atoms with van der Waals surface area (Å²) in [5, 5.41) is 9.21. The van der Waals surface area contributed by atoms with Crippen molar-refractivity contribution >= 4 is 0 Å². The highest BCUT2D eigenvalue weighted by atomic mass is 16.7. The van der Waals surface area contributed by atoms with Gasteiger partial charge in [-0.05, 0) is 6.92 Å². The molecule has 3 nitrogen and oxygen atoms in total. The third kappa shape index (κ3) is 2.29. The van der Waals surface area contributed by atoms with Crippen molar-refractivity contribution in [1.29, 1.82) is 0 Å². The molecule has 1 aliphatic rings. The molecule has 0 aromatic carbocycles. The first-order chi connectivity index (χ1) is 5.16. The molecule has 1 heterocycles. The minimum Gasteiger partial charge on any atom is -0.389 e. The van der Waals surface area contributed by atoms with Crippen LogP contribution in [0.1, 0.15) is 13.3 Å². The molecular formula is C8H14O3. The Balaban J connectivity index is 2.39. The van der Waals surface area contributed by atoms with Gasteiger partial charge in [0, 0.05) is 6.42 Å². The Morgan fingerprint density at radius 3 is 2.64 bits per heavy atom. The lowest BCUT2D eigenvalue weighted by Crippen LogP contribution is -2.30. The van der Waals surface area contributed by atoms with Crippen LogP contribution in [0.3, 0.4) is 0 Å². The van der Waals surface area contributed by atoms with E-state index < -0.39 is 11.9 Å². The zero-order valence-corrected chi connectivity index (χ0v) is 6.75. The topological polar surface area (TPSA) is 38.7 Å². The molecule has 0 spiro atoms. The standard InChI is InChI=1S/C8H14O3/c1-3-7(9)6-8(2)10-4-5-11-8/h3,7,9H,1,4-6H2,2H3. The van der Waals surface area contributed by atoms with E-state index in [1.807, 2.05) is 6.92 Å². The fourth-order valence-corrected chi connectivity index (χ4v) is 1.14. The number of aliphatic hydroxyl groups excluding tert-OH is 1. The Hall–Kier alpha value is -0.380. The molecule has 1 aliphatic heterocycles. The van der Waals surface area contributed by atoms with Crippen molar-refractivity contribution in [2.24, 2.45) is 0 Å². The number of rotatable bonds is 3. The Morgan fingerprint density at radius 1 is 1.64 bits per heavy atom. The van der Waals surface area contributed by atoms with E-state index in [4.69, 9.17) is 9.47 Å².